The number of aromatic nitrogens is 1. The Labute approximate surface area is 113 Å². The van der Waals surface area contributed by atoms with Crippen LogP contribution in [-0.4, -0.2) is 16.3 Å². The van der Waals surface area contributed by atoms with Gasteiger partial charge in [0, 0.05) is 22.8 Å². The van der Waals surface area contributed by atoms with Gasteiger partial charge in [0.25, 0.3) is 0 Å². The molecule has 19 heavy (non-hydrogen) atoms. The third-order valence-corrected chi connectivity index (χ3v) is 3.26. The molecule has 0 unspecified atom stereocenters. The molecule has 0 atom stereocenters. The van der Waals surface area contributed by atoms with E-state index in [1.54, 1.807) is 24.3 Å². The van der Waals surface area contributed by atoms with Gasteiger partial charge in [0.1, 0.15) is 0 Å². The van der Waals surface area contributed by atoms with Gasteiger partial charge in [-0.25, -0.2) is 4.98 Å². The number of hydrogen-bond donors (Lipinski definition) is 1. The van der Waals surface area contributed by atoms with Gasteiger partial charge in [0.2, 0.25) is 6.41 Å². The van der Waals surface area contributed by atoms with E-state index in [4.69, 9.17) is 0 Å². The summed E-state index contributed by atoms with van der Waals surface area (Å²) >= 11 is 1.20. The summed E-state index contributed by atoms with van der Waals surface area (Å²) < 4.78 is 0. The van der Waals surface area contributed by atoms with Crippen molar-refractivity contribution in [2.45, 2.75) is 9.92 Å². The molecular weight excluding hydrogens is 266 g/mol. The molecule has 1 heterocycles. The predicted octanol–water partition coefficient (Wildman–Crippen LogP) is 2.71. The minimum Gasteiger partial charge on any atom is -0.329 e. The second-order valence-electron chi connectivity index (χ2n) is 3.47. The number of nitrogens with zero attached hydrogens (tertiary/aromatic N) is 2. The van der Waals surface area contributed by atoms with Crippen LogP contribution in [0.25, 0.3) is 0 Å². The van der Waals surface area contributed by atoms with Gasteiger partial charge in [0.15, 0.2) is 5.03 Å². The first-order valence-corrected chi connectivity index (χ1v) is 6.10. The number of carbonyl (C=O) groups excluding carboxylic acids is 1. The van der Waals surface area contributed by atoms with Crippen molar-refractivity contribution < 1.29 is 9.72 Å². The Hall–Kier alpha value is -2.41. The van der Waals surface area contributed by atoms with Gasteiger partial charge in [0.05, 0.1) is 4.92 Å². The number of benzene rings is 1. The number of carbonyl (C=O) groups is 1. The molecule has 7 heteroatoms. The molecule has 0 saturated carbocycles. The summed E-state index contributed by atoms with van der Waals surface area (Å²) in [5.41, 5.74) is 0.637. The van der Waals surface area contributed by atoms with Gasteiger partial charge in [-0.2, -0.15) is 0 Å². The van der Waals surface area contributed by atoms with Gasteiger partial charge in [-0.1, -0.05) is 11.8 Å². The fourth-order valence-electron chi connectivity index (χ4n) is 1.40. The molecule has 0 radical (unpaired) electrons. The van der Waals surface area contributed by atoms with Crippen LogP contribution in [0.5, 0.6) is 0 Å². The number of pyridine rings is 1. The standard InChI is InChI=1S/C12H9N3O3S/c16-8-14-9-3-5-10(6-4-9)19-12-11(15(17)18)2-1-7-13-12/h1-8H,(H,14,16). The molecule has 0 fully saturated rings. The van der Waals surface area contributed by atoms with Crippen molar-refractivity contribution in [3.63, 3.8) is 0 Å². The zero-order chi connectivity index (χ0) is 13.7. The van der Waals surface area contributed by atoms with Crippen molar-refractivity contribution in [1.29, 1.82) is 0 Å². The smallest absolute Gasteiger partial charge is 0.301 e. The SMILES string of the molecule is O=CNc1ccc(Sc2ncccc2[N+](=O)[O-])cc1. The van der Waals surface area contributed by atoms with Gasteiger partial charge >= 0.3 is 5.69 Å². The van der Waals surface area contributed by atoms with Crippen LogP contribution >= 0.6 is 11.8 Å². The maximum Gasteiger partial charge on any atom is 0.301 e. The van der Waals surface area contributed by atoms with Crippen LogP contribution in [0.4, 0.5) is 11.4 Å². The molecule has 2 aromatic rings. The fourth-order valence-corrected chi connectivity index (χ4v) is 2.25. The number of rotatable bonds is 5. The fraction of sp³-hybridized carbons (Fsp3) is 0. The van der Waals surface area contributed by atoms with E-state index in [1.807, 2.05) is 0 Å². The zero-order valence-electron chi connectivity index (χ0n) is 9.65. The highest BCUT2D eigenvalue weighted by Gasteiger charge is 2.15. The Bertz CT molecular complexity index is 601. The first kappa shape index (κ1) is 13.0. The Morgan fingerprint density at radius 3 is 2.63 bits per heavy atom. The number of nitrogens with one attached hydrogen (secondary N) is 1. The van der Waals surface area contributed by atoms with Crippen molar-refractivity contribution >= 4 is 29.5 Å². The van der Waals surface area contributed by atoms with Crippen molar-refractivity contribution in [1.82, 2.24) is 4.98 Å². The Morgan fingerprint density at radius 1 is 1.26 bits per heavy atom. The van der Waals surface area contributed by atoms with Crippen LogP contribution < -0.4 is 5.32 Å². The highest BCUT2D eigenvalue weighted by Crippen LogP contribution is 2.32. The summed E-state index contributed by atoms with van der Waals surface area (Å²) in [6.45, 7) is 0. The molecule has 1 N–H and O–H groups in total. The second kappa shape index (κ2) is 5.96. The number of amides is 1. The van der Waals surface area contributed by atoms with Crippen LogP contribution in [0.3, 0.4) is 0 Å². The van der Waals surface area contributed by atoms with Crippen LogP contribution in [0.1, 0.15) is 0 Å². The van der Waals surface area contributed by atoms with E-state index in [-0.39, 0.29) is 5.69 Å². The van der Waals surface area contributed by atoms with Crippen LogP contribution in [0.15, 0.2) is 52.5 Å². The van der Waals surface area contributed by atoms with Gasteiger partial charge in [-0.05, 0) is 30.3 Å². The van der Waals surface area contributed by atoms with E-state index in [0.717, 1.165) is 4.90 Å². The second-order valence-corrected chi connectivity index (χ2v) is 4.54. The van der Waals surface area contributed by atoms with Crippen molar-refractivity contribution in [2.75, 3.05) is 5.32 Å². The average Bonchev–Trinajstić information content (AvgIpc) is 2.42. The quantitative estimate of drug-likeness (QED) is 0.515. The molecule has 0 spiro atoms. The molecule has 96 valence electrons. The van der Waals surface area contributed by atoms with E-state index in [2.05, 4.69) is 10.3 Å². The number of anilines is 1. The van der Waals surface area contributed by atoms with Gasteiger partial charge < -0.3 is 5.32 Å². The third-order valence-electron chi connectivity index (χ3n) is 2.24. The lowest BCUT2D eigenvalue weighted by Gasteiger charge is -2.03. The van der Waals surface area contributed by atoms with Gasteiger partial charge in [-0.15, -0.1) is 0 Å². The summed E-state index contributed by atoms with van der Waals surface area (Å²) in [5.74, 6) is 0. The minimum atomic E-state index is -0.461. The van der Waals surface area contributed by atoms with E-state index in [0.29, 0.717) is 17.1 Å². The summed E-state index contributed by atoms with van der Waals surface area (Å²) in [5, 5.41) is 13.7. The molecule has 1 aromatic carbocycles. The predicted molar refractivity (Wildman–Crippen MR) is 71.1 cm³/mol. The molecule has 0 aliphatic heterocycles. The molecular formula is C12H9N3O3S. The highest BCUT2D eigenvalue weighted by atomic mass is 32.2. The summed E-state index contributed by atoms with van der Waals surface area (Å²) in [4.78, 5) is 25.5. The Kier molecular flexibility index (Phi) is 4.09. The van der Waals surface area contributed by atoms with Gasteiger partial charge in [-0.3, -0.25) is 14.9 Å². The Morgan fingerprint density at radius 2 is 2.00 bits per heavy atom. The highest BCUT2D eigenvalue weighted by molar-refractivity contribution is 7.99. The molecule has 6 nitrogen and oxygen atoms in total. The van der Waals surface area contributed by atoms with Crippen molar-refractivity contribution in [3.05, 3.63) is 52.7 Å². The minimum absolute atomic E-state index is 0.0254. The maximum atomic E-state index is 10.9. The molecule has 1 aromatic heterocycles. The average molecular weight is 275 g/mol. The van der Waals surface area contributed by atoms with E-state index >= 15 is 0 Å². The first-order valence-electron chi connectivity index (χ1n) is 5.28. The molecule has 0 aliphatic carbocycles. The van der Waals surface area contributed by atoms with Crippen LogP contribution in [-0.2, 0) is 4.79 Å². The summed E-state index contributed by atoms with van der Waals surface area (Å²) in [6.07, 6.45) is 2.10. The molecule has 0 aliphatic rings. The molecule has 1 amide bonds. The summed E-state index contributed by atoms with van der Waals surface area (Å²) in [6, 6.07) is 9.89. The lowest BCUT2D eigenvalue weighted by Crippen LogP contribution is -1.93. The van der Waals surface area contributed by atoms with Crippen LogP contribution in [0.2, 0.25) is 0 Å². The normalized spacial score (nSPS) is 9.89. The number of hydrogen-bond acceptors (Lipinski definition) is 5. The molecule has 2 rings (SSSR count). The lowest BCUT2D eigenvalue weighted by molar-refractivity contribution is -0.388. The van der Waals surface area contributed by atoms with Crippen LogP contribution in [0, 0.1) is 10.1 Å². The van der Waals surface area contributed by atoms with Crippen molar-refractivity contribution in [2.24, 2.45) is 0 Å². The summed E-state index contributed by atoms with van der Waals surface area (Å²) in [7, 11) is 0. The van der Waals surface area contributed by atoms with E-state index < -0.39 is 4.92 Å². The molecule has 0 bridgehead atoms. The van der Waals surface area contributed by atoms with Crippen molar-refractivity contribution in [3.8, 4) is 0 Å². The first-order chi connectivity index (χ1) is 9.20. The lowest BCUT2D eigenvalue weighted by atomic mass is 10.3. The third kappa shape index (κ3) is 3.29. The Balaban J connectivity index is 2.21. The topological polar surface area (TPSA) is 85.1 Å². The van der Waals surface area contributed by atoms with E-state index in [9.17, 15) is 14.9 Å². The maximum absolute atomic E-state index is 10.9. The molecule has 0 saturated heterocycles. The number of nitro groups is 1. The largest absolute Gasteiger partial charge is 0.329 e. The monoisotopic (exact) mass is 275 g/mol. The van der Waals surface area contributed by atoms with E-state index in [1.165, 1.54) is 30.1 Å². The zero-order valence-corrected chi connectivity index (χ0v) is 10.5.